The highest BCUT2D eigenvalue weighted by atomic mass is 31.2. The largest absolute Gasteiger partial charge is 0.472 e. The molecule has 0 aromatic carbocycles. The van der Waals surface area contributed by atoms with Crippen LogP contribution in [-0.4, -0.2) is 74.9 Å². The quantitative estimate of drug-likeness (QED) is 0.0219. The summed E-state index contributed by atoms with van der Waals surface area (Å²) in [6.07, 6.45) is 33.9. The summed E-state index contributed by atoms with van der Waals surface area (Å²) in [4.78, 5) is 35.2. The van der Waals surface area contributed by atoms with Gasteiger partial charge in [-0.05, 0) is 38.5 Å². The molecule has 0 amide bonds. The van der Waals surface area contributed by atoms with Gasteiger partial charge in [0.2, 0.25) is 0 Å². The molecular weight excluding hydrogens is 665 g/mol. The lowest BCUT2D eigenvalue weighted by Crippen LogP contribution is -2.37. The van der Waals surface area contributed by atoms with Crippen LogP contribution < -0.4 is 0 Å². The summed E-state index contributed by atoms with van der Waals surface area (Å²) in [5.41, 5.74) is 0. The Morgan fingerprint density at radius 2 is 1.00 bits per heavy atom. The zero-order valence-electron chi connectivity index (χ0n) is 33.9. The number of likely N-dealkylation sites (N-methyl/N-ethyl adjacent to an activating group) is 1. The molecule has 0 fully saturated rings. The van der Waals surface area contributed by atoms with E-state index in [1.807, 2.05) is 21.1 Å². The van der Waals surface area contributed by atoms with E-state index in [1.54, 1.807) is 0 Å². The van der Waals surface area contributed by atoms with Crippen molar-refractivity contribution in [3.63, 3.8) is 0 Å². The number of hydrogen-bond acceptors (Lipinski definition) is 7. The average Bonchev–Trinajstić information content (AvgIpc) is 3.07. The molecule has 0 aliphatic rings. The normalized spacial score (nSPS) is 13.8. The van der Waals surface area contributed by atoms with E-state index in [9.17, 15) is 19.0 Å². The van der Waals surface area contributed by atoms with Crippen LogP contribution in [0.4, 0.5) is 0 Å². The van der Waals surface area contributed by atoms with Crippen LogP contribution in [0.5, 0.6) is 0 Å². The maximum Gasteiger partial charge on any atom is 0.472 e. The highest BCUT2D eigenvalue weighted by Gasteiger charge is 2.27. The Labute approximate surface area is 314 Å². The van der Waals surface area contributed by atoms with Crippen molar-refractivity contribution >= 4 is 19.8 Å². The SMILES string of the molecule is CCCCCC/C=C\CCCCCCCC(=O)OC(COC(=O)CCCCCCCCCCCCCCCC)COP(=O)(O)OCC[N+](C)(C)C. The maximum atomic E-state index is 12.6. The van der Waals surface area contributed by atoms with Crippen molar-refractivity contribution in [3.05, 3.63) is 12.2 Å². The lowest BCUT2D eigenvalue weighted by molar-refractivity contribution is -0.870. The minimum atomic E-state index is -4.37. The molecule has 0 saturated carbocycles. The summed E-state index contributed by atoms with van der Waals surface area (Å²) in [7, 11) is 1.48. The number of allylic oxidation sites excluding steroid dienone is 2. The van der Waals surface area contributed by atoms with E-state index in [1.165, 1.54) is 103 Å². The van der Waals surface area contributed by atoms with Crippen LogP contribution in [0.3, 0.4) is 0 Å². The van der Waals surface area contributed by atoms with Gasteiger partial charge in [-0.1, -0.05) is 148 Å². The number of carbonyl (C=O) groups is 2. The predicted octanol–water partition coefficient (Wildman–Crippen LogP) is 11.4. The number of carbonyl (C=O) groups excluding carboxylic acids is 2. The van der Waals surface area contributed by atoms with Gasteiger partial charge in [-0.25, -0.2) is 4.57 Å². The van der Waals surface area contributed by atoms with Crippen molar-refractivity contribution in [1.29, 1.82) is 0 Å². The third-order valence-corrected chi connectivity index (χ3v) is 10.0. The van der Waals surface area contributed by atoms with E-state index in [0.717, 1.165) is 51.4 Å². The molecule has 2 unspecified atom stereocenters. The van der Waals surface area contributed by atoms with Gasteiger partial charge in [0.05, 0.1) is 27.7 Å². The molecule has 0 saturated heterocycles. The van der Waals surface area contributed by atoms with Crippen LogP contribution in [0.1, 0.15) is 187 Å². The summed E-state index contributed by atoms with van der Waals surface area (Å²) in [6, 6.07) is 0. The lowest BCUT2D eigenvalue weighted by Gasteiger charge is -2.24. The van der Waals surface area contributed by atoms with Gasteiger partial charge in [-0.3, -0.25) is 18.6 Å². The highest BCUT2D eigenvalue weighted by molar-refractivity contribution is 7.47. The molecule has 0 aromatic rings. The van der Waals surface area contributed by atoms with Crippen molar-refractivity contribution in [2.75, 3.05) is 47.5 Å². The van der Waals surface area contributed by atoms with E-state index >= 15 is 0 Å². The molecule has 51 heavy (non-hydrogen) atoms. The van der Waals surface area contributed by atoms with Crippen molar-refractivity contribution in [2.24, 2.45) is 0 Å². The first kappa shape index (κ1) is 49.8. The molecular formula is C41H81NO8P+. The standard InChI is InChI=1S/C41H80NO8P/c1-6-8-10-12-14-16-18-20-22-23-25-27-29-31-33-40(43)47-37-39(38-49-51(45,46)48-36-35-42(3,4)5)50-41(44)34-32-30-28-26-24-21-19-17-15-13-11-9-7-2/h17,19,39H,6-16,18,20-38H2,1-5H3/p+1/b19-17-. The molecule has 1 N–H and O–H groups in total. The molecule has 0 heterocycles. The number of ether oxygens (including phenoxy) is 2. The van der Waals surface area contributed by atoms with Crippen molar-refractivity contribution < 1.29 is 42.1 Å². The van der Waals surface area contributed by atoms with Crippen LogP contribution >= 0.6 is 7.82 Å². The van der Waals surface area contributed by atoms with Gasteiger partial charge in [0.1, 0.15) is 19.8 Å². The predicted molar refractivity (Wildman–Crippen MR) is 211 cm³/mol. The zero-order valence-corrected chi connectivity index (χ0v) is 34.7. The fourth-order valence-corrected chi connectivity index (χ4v) is 6.46. The number of quaternary nitrogens is 1. The number of esters is 2. The van der Waals surface area contributed by atoms with Gasteiger partial charge in [-0.2, -0.15) is 0 Å². The number of phosphoric acid groups is 1. The molecule has 0 radical (unpaired) electrons. The minimum Gasteiger partial charge on any atom is -0.462 e. The second-order valence-corrected chi connectivity index (χ2v) is 16.8. The summed E-state index contributed by atoms with van der Waals surface area (Å²) in [6.45, 7) is 4.41. The molecule has 302 valence electrons. The smallest absolute Gasteiger partial charge is 0.462 e. The molecule has 0 aromatic heterocycles. The van der Waals surface area contributed by atoms with Crippen LogP contribution in [-0.2, 0) is 32.7 Å². The third-order valence-electron chi connectivity index (χ3n) is 9.05. The maximum absolute atomic E-state index is 12.6. The van der Waals surface area contributed by atoms with Crippen molar-refractivity contribution in [3.8, 4) is 0 Å². The van der Waals surface area contributed by atoms with Gasteiger partial charge in [0.15, 0.2) is 6.10 Å². The first-order valence-electron chi connectivity index (χ1n) is 20.9. The minimum absolute atomic E-state index is 0.0330. The van der Waals surface area contributed by atoms with E-state index in [-0.39, 0.29) is 25.6 Å². The van der Waals surface area contributed by atoms with Crippen molar-refractivity contribution in [2.45, 2.75) is 193 Å². The van der Waals surface area contributed by atoms with Gasteiger partial charge >= 0.3 is 19.8 Å². The number of rotatable bonds is 38. The Morgan fingerprint density at radius 1 is 0.588 bits per heavy atom. The Bertz CT molecular complexity index is 891. The summed E-state index contributed by atoms with van der Waals surface area (Å²) < 4.78 is 34.2. The monoisotopic (exact) mass is 747 g/mol. The number of hydrogen-bond donors (Lipinski definition) is 1. The average molecular weight is 747 g/mol. The van der Waals surface area contributed by atoms with Gasteiger partial charge in [0, 0.05) is 12.8 Å². The summed E-state index contributed by atoms with van der Waals surface area (Å²) in [5, 5.41) is 0. The number of nitrogens with zero attached hydrogens (tertiary/aromatic N) is 1. The molecule has 0 aliphatic carbocycles. The number of unbranched alkanes of at least 4 members (excludes halogenated alkanes) is 22. The Morgan fingerprint density at radius 3 is 1.47 bits per heavy atom. The summed E-state index contributed by atoms with van der Waals surface area (Å²) >= 11 is 0. The Hall–Kier alpha value is -1.25. The Balaban J connectivity index is 4.38. The van der Waals surface area contributed by atoms with Crippen LogP contribution in [0, 0.1) is 0 Å². The highest BCUT2D eigenvalue weighted by Crippen LogP contribution is 2.43. The molecule has 0 aliphatic heterocycles. The second kappa shape index (κ2) is 34.5. The zero-order chi connectivity index (χ0) is 37.9. The topological polar surface area (TPSA) is 108 Å². The van der Waals surface area contributed by atoms with Crippen LogP contribution in [0.25, 0.3) is 0 Å². The molecule has 9 nitrogen and oxygen atoms in total. The Kier molecular flexibility index (Phi) is 33.7. The van der Waals surface area contributed by atoms with Gasteiger partial charge in [-0.15, -0.1) is 0 Å². The first-order chi connectivity index (χ1) is 24.5. The second-order valence-electron chi connectivity index (χ2n) is 15.4. The number of phosphoric ester groups is 1. The van der Waals surface area contributed by atoms with Gasteiger partial charge < -0.3 is 18.9 Å². The molecule has 2 atom stereocenters. The van der Waals surface area contributed by atoms with E-state index in [2.05, 4.69) is 26.0 Å². The van der Waals surface area contributed by atoms with E-state index in [4.69, 9.17) is 18.5 Å². The van der Waals surface area contributed by atoms with Gasteiger partial charge in [0.25, 0.3) is 0 Å². The summed E-state index contributed by atoms with van der Waals surface area (Å²) in [5.74, 6) is -0.802. The third kappa shape index (κ3) is 38.3. The van der Waals surface area contributed by atoms with E-state index < -0.39 is 26.5 Å². The molecule has 10 heteroatoms. The molecule has 0 spiro atoms. The van der Waals surface area contributed by atoms with Crippen LogP contribution in [0.2, 0.25) is 0 Å². The first-order valence-corrected chi connectivity index (χ1v) is 22.4. The fraction of sp³-hybridized carbons (Fsp3) is 0.902. The van der Waals surface area contributed by atoms with Crippen LogP contribution in [0.15, 0.2) is 12.2 Å². The lowest BCUT2D eigenvalue weighted by atomic mass is 10.0. The fourth-order valence-electron chi connectivity index (χ4n) is 5.71. The van der Waals surface area contributed by atoms with E-state index in [0.29, 0.717) is 23.9 Å². The van der Waals surface area contributed by atoms with Crippen molar-refractivity contribution in [1.82, 2.24) is 0 Å². The molecule has 0 bridgehead atoms. The molecule has 0 rings (SSSR count).